The molecule has 2 aromatic carbocycles. The fraction of sp³-hybridized carbons (Fsp3) is 0.364. The molecule has 32 heavy (non-hydrogen) atoms. The number of aryl methyl sites for hydroxylation is 1. The number of ether oxygens (including phenoxy) is 1. The minimum absolute atomic E-state index is 0.137. The fourth-order valence-electron chi connectivity index (χ4n) is 3.75. The van der Waals surface area contributed by atoms with E-state index in [1.54, 1.807) is 6.92 Å². The van der Waals surface area contributed by atoms with Gasteiger partial charge in [-0.25, -0.2) is 4.79 Å². The lowest BCUT2D eigenvalue weighted by molar-refractivity contribution is -0.0420. The van der Waals surface area contributed by atoms with Crippen LogP contribution in [0.5, 0.6) is 0 Å². The summed E-state index contributed by atoms with van der Waals surface area (Å²) in [5, 5.41) is 12.5. The van der Waals surface area contributed by atoms with Crippen LogP contribution in [-0.2, 0) is 24.8 Å². The van der Waals surface area contributed by atoms with Gasteiger partial charge in [-0.3, -0.25) is 14.3 Å². The first-order valence-corrected chi connectivity index (χ1v) is 11.4. The Morgan fingerprint density at radius 3 is 2.81 bits per heavy atom. The Morgan fingerprint density at radius 1 is 1.19 bits per heavy atom. The molecule has 0 spiro atoms. The normalized spacial score (nSPS) is 21.2. The number of rotatable bonds is 8. The van der Waals surface area contributed by atoms with Gasteiger partial charge in [0.2, 0.25) is 0 Å². The molecular weight excluding hydrogens is 435 g/mol. The third-order valence-corrected chi connectivity index (χ3v) is 6.21. The molecule has 1 fully saturated rings. The number of hydrogen-bond acceptors (Lipinski definition) is 7. The van der Waals surface area contributed by atoms with E-state index in [1.807, 2.05) is 42.5 Å². The number of nitrogens with zero attached hydrogens (tertiary/aromatic N) is 1. The summed E-state index contributed by atoms with van der Waals surface area (Å²) < 4.78 is 29.6. The highest BCUT2D eigenvalue weighted by atomic mass is 31.1. The molecule has 3 aromatic rings. The van der Waals surface area contributed by atoms with Crippen LogP contribution >= 0.6 is 8.25 Å². The van der Waals surface area contributed by atoms with Crippen LogP contribution in [0.1, 0.15) is 23.8 Å². The van der Waals surface area contributed by atoms with Crippen LogP contribution in [0.2, 0.25) is 0 Å². The van der Waals surface area contributed by atoms with Gasteiger partial charge in [0.05, 0.1) is 6.10 Å². The van der Waals surface area contributed by atoms with Gasteiger partial charge in [-0.05, 0) is 23.3 Å². The Kier molecular flexibility index (Phi) is 6.93. The lowest BCUT2D eigenvalue weighted by Gasteiger charge is -2.14. The second-order valence-corrected chi connectivity index (χ2v) is 8.62. The van der Waals surface area contributed by atoms with Gasteiger partial charge in [0.1, 0.15) is 25.5 Å². The molecule has 2 heterocycles. The molecule has 0 saturated carbocycles. The maximum atomic E-state index is 12.1. The third-order valence-electron chi connectivity index (χ3n) is 5.45. The van der Waals surface area contributed by atoms with Gasteiger partial charge in [0, 0.05) is 29.2 Å². The van der Waals surface area contributed by atoms with E-state index in [4.69, 9.17) is 13.8 Å². The minimum atomic E-state index is -2.40. The summed E-state index contributed by atoms with van der Waals surface area (Å²) in [5.74, 6) is 0. The molecule has 2 N–H and O–H groups in total. The first-order chi connectivity index (χ1) is 15.4. The van der Waals surface area contributed by atoms with E-state index in [9.17, 15) is 19.3 Å². The molecule has 9 nitrogen and oxygen atoms in total. The number of H-pyrrole nitrogens is 1. The number of nitrogens with one attached hydrogen (secondary N) is 1. The summed E-state index contributed by atoms with van der Waals surface area (Å²) in [6, 6.07) is 14.0. The van der Waals surface area contributed by atoms with Crippen LogP contribution in [0.25, 0.3) is 10.8 Å². The zero-order valence-corrected chi connectivity index (χ0v) is 18.4. The zero-order chi connectivity index (χ0) is 22.7. The Bertz CT molecular complexity index is 1230. The van der Waals surface area contributed by atoms with Crippen molar-refractivity contribution in [1.82, 2.24) is 9.55 Å². The highest BCUT2D eigenvalue weighted by Gasteiger charge is 2.38. The minimum Gasteiger partial charge on any atom is -0.390 e. The van der Waals surface area contributed by atoms with Crippen LogP contribution in [0.3, 0.4) is 0 Å². The van der Waals surface area contributed by atoms with Crippen molar-refractivity contribution in [2.24, 2.45) is 0 Å². The van der Waals surface area contributed by atoms with Crippen LogP contribution < -0.4 is 11.2 Å². The average molecular weight is 459 g/mol. The molecule has 0 aliphatic carbocycles. The van der Waals surface area contributed by atoms with Crippen LogP contribution in [0.4, 0.5) is 0 Å². The second kappa shape index (κ2) is 9.85. The Balaban J connectivity index is 1.27. The molecule has 4 rings (SSSR count). The molecule has 4 atom stereocenters. The molecule has 1 aliphatic rings. The monoisotopic (exact) mass is 459 g/mol. The number of aromatic nitrogens is 2. The summed E-state index contributed by atoms with van der Waals surface area (Å²) in [6.45, 7) is 1.63. The number of hydrogen-bond donors (Lipinski definition) is 2. The van der Waals surface area contributed by atoms with Gasteiger partial charge in [0.25, 0.3) is 5.56 Å². The first-order valence-electron chi connectivity index (χ1n) is 10.3. The van der Waals surface area contributed by atoms with E-state index in [-0.39, 0.29) is 19.6 Å². The van der Waals surface area contributed by atoms with Crippen molar-refractivity contribution >= 4 is 19.0 Å². The van der Waals surface area contributed by atoms with Gasteiger partial charge in [-0.1, -0.05) is 42.5 Å². The summed E-state index contributed by atoms with van der Waals surface area (Å²) in [5.41, 5.74) is 0.347. The van der Waals surface area contributed by atoms with Crippen LogP contribution in [0.15, 0.2) is 58.3 Å². The van der Waals surface area contributed by atoms with Crippen molar-refractivity contribution < 1.29 is 23.5 Å². The quantitative estimate of drug-likeness (QED) is 0.497. The van der Waals surface area contributed by atoms with Gasteiger partial charge in [-0.15, -0.1) is 9.05 Å². The summed E-state index contributed by atoms with van der Waals surface area (Å²) >= 11 is 0. The molecule has 1 aromatic heterocycles. The average Bonchev–Trinajstić information content (AvgIpc) is 3.15. The van der Waals surface area contributed by atoms with Crippen molar-refractivity contribution in [3.8, 4) is 0 Å². The van der Waals surface area contributed by atoms with Crippen molar-refractivity contribution in [1.29, 1.82) is 0 Å². The number of fused-ring (bicyclic) bond motifs is 1. The van der Waals surface area contributed by atoms with Gasteiger partial charge in [0.15, 0.2) is 0 Å². The van der Waals surface area contributed by atoms with Crippen molar-refractivity contribution in [3.05, 3.63) is 80.6 Å². The maximum absolute atomic E-state index is 12.1. The molecule has 1 saturated heterocycles. The highest BCUT2D eigenvalue weighted by molar-refractivity contribution is 7.33. The number of aliphatic hydroxyl groups is 1. The molecule has 0 amide bonds. The smallest absolute Gasteiger partial charge is 0.390 e. The summed E-state index contributed by atoms with van der Waals surface area (Å²) in [7, 11) is -2.40. The van der Waals surface area contributed by atoms with Crippen LogP contribution in [0, 0.1) is 6.92 Å². The van der Waals surface area contributed by atoms with Crippen molar-refractivity contribution in [2.75, 3.05) is 13.2 Å². The Hall–Kier alpha value is -2.68. The van der Waals surface area contributed by atoms with Gasteiger partial charge >= 0.3 is 13.9 Å². The van der Waals surface area contributed by atoms with E-state index in [1.165, 1.54) is 10.8 Å². The predicted molar refractivity (Wildman–Crippen MR) is 118 cm³/mol. The standard InChI is InChI=1S/C22H23N2O7P/c1-14-12-24(22(27)23-21(14)26)20-11-18(25)19(31-20)13-30-32(28)29-10-9-16-7-4-6-15-5-2-3-8-17(15)16/h2-8,12,18-20,25H,9-11,13H2,1H3/p+1/t18-,19+,20+/m0/s1. The summed E-state index contributed by atoms with van der Waals surface area (Å²) in [6.07, 6.45) is -0.355. The molecule has 10 heteroatoms. The highest BCUT2D eigenvalue weighted by Crippen LogP contribution is 2.31. The second-order valence-electron chi connectivity index (χ2n) is 7.65. The first kappa shape index (κ1) is 22.5. The lowest BCUT2D eigenvalue weighted by atomic mass is 10.0. The lowest BCUT2D eigenvalue weighted by Crippen LogP contribution is -2.33. The number of benzene rings is 2. The Morgan fingerprint density at radius 2 is 1.97 bits per heavy atom. The molecule has 0 bridgehead atoms. The number of aliphatic hydroxyl groups excluding tert-OH is 1. The van der Waals surface area contributed by atoms with Crippen molar-refractivity contribution in [2.45, 2.75) is 38.2 Å². The van der Waals surface area contributed by atoms with Crippen molar-refractivity contribution in [3.63, 3.8) is 0 Å². The molecular formula is C22H24N2O7P+. The third kappa shape index (κ3) is 5.03. The molecule has 1 aliphatic heterocycles. The summed E-state index contributed by atoms with van der Waals surface area (Å²) in [4.78, 5) is 25.8. The SMILES string of the molecule is Cc1cn([C@H]2C[C@H](O)[C@@H](CO[P+](=O)OCCc3cccc4ccccc34)O2)c(=O)[nH]c1=O. The Labute approximate surface area is 184 Å². The zero-order valence-electron chi connectivity index (χ0n) is 17.5. The maximum Gasteiger partial charge on any atom is 0.697 e. The topological polar surface area (TPSA) is 120 Å². The van der Waals surface area contributed by atoms with E-state index in [2.05, 4.69) is 4.98 Å². The van der Waals surface area contributed by atoms with Crippen LogP contribution in [-0.4, -0.2) is 40.1 Å². The number of aromatic amines is 1. The largest absolute Gasteiger partial charge is 0.697 e. The molecule has 0 radical (unpaired) electrons. The molecule has 1 unspecified atom stereocenters. The van der Waals surface area contributed by atoms with E-state index in [0.717, 1.165) is 16.3 Å². The van der Waals surface area contributed by atoms with Gasteiger partial charge in [-0.2, -0.15) is 0 Å². The van der Waals surface area contributed by atoms with E-state index >= 15 is 0 Å². The fourth-order valence-corrected chi connectivity index (χ4v) is 4.33. The molecule has 168 valence electrons. The van der Waals surface area contributed by atoms with E-state index < -0.39 is 37.9 Å². The predicted octanol–water partition coefficient (Wildman–Crippen LogP) is 2.58. The van der Waals surface area contributed by atoms with E-state index in [0.29, 0.717) is 12.0 Å². The van der Waals surface area contributed by atoms with Gasteiger partial charge < -0.3 is 9.84 Å².